The van der Waals surface area contributed by atoms with Gasteiger partial charge in [-0.15, -0.1) is 0 Å². The molecule has 0 unspecified atom stereocenters. The maximum Gasteiger partial charge on any atom is 0.230 e. The zero-order chi connectivity index (χ0) is 15.9. The van der Waals surface area contributed by atoms with Crippen LogP contribution in [0.3, 0.4) is 0 Å². The van der Waals surface area contributed by atoms with Crippen molar-refractivity contribution in [2.24, 2.45) is 0 Å². The molecule has 0 atom stereocenters. The number of amides is 1. The van der Waals surface area contributed by atoms with Crippen molar-refractivity contribution in [2.45, 2.75) is 32.2 Å². The number of thioether (sulfide) groups is 1. The van der Waals surface area contributed by atoms with Gasteiger partial charge in [-0.1, -0.05) is 24.3 Å². The fourth-order valence-electron chi connectivity index (χ4n) is 1.76. The summed E-state index contributed by atoms with van der Waals surface area (Å²) >= 11 is 1.47. The summed E-state index contributed by atoms with van der Waals surface area (Å²) in [7, 11) is -3.30. The Morgan fingerprint density at radius 2 is 1.76 bits per heavy atom. The summed E-state index contributed by atoms with van der Waals surface area (Å²) in [6.45, 7) is 4.03. The first-order valence-corrected chi connectivity index (χ1v) is 9.70. The molecule has 7 heteroatoms. The van der Waals surface area contributed by atoms with Crippen molar-refractivity contribution >= 4 is 27.7 Å². The molecule has 1 aromatic carbocycles. The second kappa shape index (κ2) is 8.41. The maximum absolute atomic E-state index is 11.8. The minimum Gasteiger partial charge on any atom is -0.351 e. The Bertz CT molecular complexity index is 554. The van der Waals surface area contributed by atoms with Crippen LogP contribution in [0.5, 0.6) is 0 Å². The lowest BCUT2D eigenvalue weighted by Crippen LogP contribution is -2.31. The fraction of sp³-hybridized carbons (Fsp3) is 0.500. The molecule has 2 N–H and O–H groups in total. The van der Waals surface area contributed by atoms with Gasteiger partial charge in [0.25, 0.3) is 0 Å². The number of carbonyl (C=O) groups is 1. The molecule has 0 heterocycles. The summed E-state index contributed by atoms with van der Waals surface area (Å²) in [6, 6.07) is 7.10. The summed E-state index contributed by atoms with van der Waals surface area (Å²) in [5.41, 5.74) is 1.67. The van der Waals surface area contributed by atoms with Gasteiger partial charge in [0.1, 0.15) is 0 Å². The number of hydrogen-bond acceptors (Lipinski definition) is 4. The molecule has 5 nitrogen and oxygen atoms in total. The molecule has 0 fully saturated rings. The number of carbonyl (C=O) groups excluding carboxylic acids is 1. The average molecular weight is 330 g/mol. The SMILES string of the molecule is CSCC(=O)NCc1ccc(CS(=O)(=O)NC(C)C)cc1. The lowest BCUT2D eigenvalue weighted by molar-refractivity contribution is -0.118. The minimum atomic E-state index is -3.30. The number of sulfonamides is 1. The highest BCUT2D eigenvalue weighted by atomic mass is 32.2. The van der Waals surface area contributed by atoms with Crippen LogP contribution in [-0.4, -0.2) is 32.4 Å². The van der Waals surface area contributed by atoms with Crippen molar-refractivity contribution < 1.29 is 13.2 Å². The van der Waals surface area contributed by atoms with Crippen molar-refractivity contribution in [1.29, 1.82) is 0 Å². The van der Waals surface area contributed by atoms with Crippen LogP contribution in [0.1, 0.15) is 25.0 Å². The molecular formula is C14H22N2O3S2. The molecule has 118 valence electrons. The van der Waals surface area contributed by atoms with Crippen LogP contribution in [0, 0.1) is 0 Å². The van der Waals surface area contributed by atoms with Gasteiger partial charge in [0.15, 0.2) is 0 Å². The third-order valence-corrected chi connectivity index (χ3v) is 4.65. The Hall–Kier alpha value is -1.05. The van der Waals surface area contributed by atoms with E-state index in [2.05, 4.69) is 10.0 Å². The van der Waals surface area contributed by atoms with Crippen LogP contribution >= 0.6 is 11.8 Å². The number of nitrogens with one attached hydrogen (secondary N) is 2. The molecule has 21 heavy (non-hydrogen) atoms. The summed E-state index contributed by atoms with van der Waals surface area (Å²) in [5.74, 6) is 0.400. The number of benzene rings is 1. The largest absolute Gasteiger partial charge is 0.351 e. The van der Waals surface area contributed by atoms with Gasteiger partial charge in [0.2, 0.25) is 15.9 Å². The minimum absolute atomic E-state index is 0.00436. The molecule has 0 spiro atoms. The normalized spacial score (nSPS) is 11.6. The summed E-state index contributed by atoms with van der Waals surface area (Å²) in [4.78, 5) is 11.4. The first kappa shape index (κ1) is 18.0. The molecule has 1 aromatic rings. The highest BCUT2D eigenvalue weighted by molar-refractivity contribution is 7.99. The molecule has 1 amide bonds. The third kappa shape index (κ3) is 7.50. The van der Waals surface area contributed by atoms with E-state index in [4.69, 9.17) is 0 Å². The maximum atomic E-state index is 11.8. The molecule has 1 rings (SSSR count). The molecule has 0 radical (unpaired) electrons. The van der Waals surface area contributed by atoms with Crippen LogP contribution < -0.4 is 10.0 Å². The van der Waals surface area contributed by atoms with Crippen LogP contribution in [0.4, 0.5) is 0 Å². The van der Waals surface area contributed by atoms with E-state index in [0.717, 1.165) is 11.1 Å². The quantitative estimate of drug-likeness (QED) is 0.757. The molecule has 0 aromatic heterocycles. The predicted octanol–water partition coefficient (Wildman–Crippen LogP) is 1.49. The Balaban J connectivity index is 2.56. The Morgan fingerprint density at radius 3 is 2.29 bits per heavy atom. The van der Waals surface area contributed by atoms with E-state index in [1.54, 1.807) is 26.0 Å². The highest BCUT2D eigenvalue weighted by Gasteiger charge is 2.12. The van der Waals surface area contributed by atoms with Gasteiger partial charge < -0.3 is 5.32 Å². The van der Waals surface area contributed by atoms with Crippen molar-refractivity contribution in [2.75, 3.05) is 12.0 Å². The van der Waals surface area contributed by atoms with Gasteiger partial charge in [0.05, 0.1) is 11.5 Å². The second-order valence-corrected chi connectivity index (χ2v) is 7.68. The number of rotatable bonds is 8. The van der Waals surface area contributed by atoms with E-state index >= 15 is 0 Å². The Morgan fingerprint density at radius 1 is 1.19 bits per heavy atom. The smallest absolute Gasteiger partial charge is 0.230 e. The van der Waals surface area contributed by atoms with E-state index in [-0.39, 0.29) is 17.7 Å². The van der Waals surface area contributed by atoms with Crippen molar-refractivity contribution in [3.63, 3.8) is 0 Å². The zero-order valence-electron chi connectivity index (χ0n) is 12.5. The van der Waals surface area contributed by atoms with Gasteiger partial charge >= 0.3 is 0 Å². The molecule has 0 saturated heterocycles. The van der Waals surface area contributed by atoms with Crippen molar-refractivity contribution in [1.82, 2.24) is 10.0 Å². The van der Waals surface area contributed by atoms with Gasteiger partial charge in [0, 0.05) is 12.6 Å². The average Bonchev–Trinajstić information content (AvgIpc) is 2.36. The molecular weight excluding hydrogens is 308 g/mol. The van der Waals surface area contributed by atoms with Crippen LogP contribution in [0.15, 0.2) is 24.3 Å². The van der Waals surface area contributed by atoms with Gasteiger partial charge in [-0.05, 0) is 31.2 Å². The summed E-state index contributed by atoms with van der Waals surface area (Å²) < 4.78 is 26.2. The number of hydrogen-bond donors (Lipinski definition) is 2. The van der Waals surface area contributed by atoms with E-state index in [1.165, 1.54) is 11.8 Å². The second-order valence-electron chi connectivity index (χ2n) is 5.06. The standard InChI is InChI=1S/C14H22N2O3S2/c1-11(2)16-21(18,19)10-13-6-4-12(5-7-13)8-15-14(17)9-20-3/h4-7,11,16H,8-10H2,1-3H3,(H,15,17). The van der Waals surface area contributed by atoms with Gasteiger partial charge in [-0.3, -0.25) is 4.79 Å². The topological polar surface area (TPSA) is 75.3 Å². The van der Waals surface area contributed by atoms with Gasteiger partial charge in [-0.2, -0.15) is 11.8 Å². The lowest BCUT2D eigenvalue weighted by Gasteiger charge is -2.10. The monoisotopic (exact) mass is 330 g/mol. The third-order valence-electron chi connectivity index (χ3n) is 2.56. The Kier molecular flexibility index (Phi) is 7.21. The lowest BCUT2D eigenvalue weighted by atomic mass is 10.1. The van der Waals surface area contributed by atoms with Crippen LogP contribution in [0.25, 0.3) is 0 Å². The van der Waals surface area contributed by atoms with E-state index in [0.29, 0.717) is 12.3 Å². The molecule has 0 aliphatic rings. The van der Waals surface area contributed by atoms with Gasteiger partial charge in [-0.25, -0.2) is 13.1 Å². The fourth-order valence-corrected chi connectivity index (χ4v) is 3.55. The van der Waals surface area contributed by atoms with E-state index in [1.807, 2.05) is 18.4 Å². The van der Waals surface area contributed by atoms with Crippen molar-refractivity contribution in [3.05, 3.63) is 35.4 Å². The first-order chi connectivity index (χ1) is 9.82. The summed E-state index contributed by atoms with van der Waals surface area (Å²) in [5, 5.41) is 2.80. The molecule has 0 bridgehead atoms. The zero-order valence-corrected chi connectivity index (χ0v) is 14.2. The summed E-state index contributed by atoms with van der Waals surface area (Å²) in [6.07, 6.45) is 1.88. The van der Waals surface area contributed by atoms with E-state index < -0.39 is 10.0 Å². The molecule has 0 aliphatic heterocycles. The van der Waals surface area contributed by atoms with Crippen LogP contribution in [-0.2, 0) is 27.1 Å². The van der Waals surface area contributed by atoms with E-state index in [9.17, 15) is 13.2 Å². The molecule has 0 aliphatic carbocycles. The Labute approximate surface area is 130 Å². The highest BCUT2D eigenvalue weighted by Crippen LogP contribution is 2.08. The predicted molar refractivity (Wildman–Crippen MR) is 87.6 cm³/mol. The van der Waals surface area contributed by atoms with Crippen molar-refractivity contribution in [3.8, 4) is 0 Å². The molecule has 0 saturated carbocycles. The first-order valence-electron chi connectivity index (χ1n) is 6.66. The van der Waals surface area contributed by atoms with Crippen LogP contribution in [0.2, 0.25) is 0 Å².